The lowest BCUT2D eigenvalue weighted by Gasteiger charge is -2.40. The molecule has 1 N–H and O–H groups in total. The Kier molecular flexibility index (Phi) is 4.87. The van der Waals surface area contributed by atoms with Gasteiger partial charge >= 0.3 is 0 Å². The van der Waals surface area contributed by atoms with E-state index in [4.69, 9.17) is 4.74 Å². The average Bonchev–Trinajstić information content (AvgIpc) is 2.93. The van der Waals surface area contributed by atoms with E-state index in [2.05, 4.69) is 41.6 Å². The summed E-state index contributed by atoms with van der Waals surface area (Å²) in [5.41, 5.74) is 0.00429. The molecule has 6 heteroatoms. The highest BCUT2D eigenvalue weighted by molar-refractivity contribution is 4.91. The summed E-state index contributed by atoms with van der Waals surface area (Å²) >= 11 is 0. The third-order valence-electron chi connectivity index (χ3n) is 4.20. The molecule has 0 saturated carbocycles. The van der Waals surface area contributed by atoms with Crippen molar-refractivity contribution in [2.24, 2.45) is 0 Å². The Morgan fingerprint density at radius 2 is 2.16 bits per heavy atom. The van der Waals surface area contributed by atoms with Gasteiger partial charge in [-0.2, -0.15) is 0 Å². The van der Waals surface area contributed by atoms with E-state index >= 15 is 0 Å². The lowest BCUT2D eigenvalue weighted by atomic mass is 9.86. The van der Waals surface area contributed by atoms with Crippen molar-refractivity contribution in [1.29, 1.82) is 0 Å². The van der Waals surface area contributed by atoms with Gasteiger partial charge in [0.1, 0.15) is 0 Å². The van der Waals surface area contributed by atoms with Crippen LogP contribution in [0.4, 0.5) is 0 Å². The standard InChI is InChI=1S/C13H25N5O/c1-4-13(5-2)9-11(7-8-19-13)18-12(10-14-6-3)15-16-17-18/h11,14H,4-10H2,1-3H3. The van der Waals surface area contributed by atoms with Gasteiger partial charge in [0, 0.05) is 6.61 Å². The first kappa shape index (κ1) is 14.4. The molecule has 1 atom stereocenters. The molecule has 6 nitrogen and oxygen atoms in total. The zero-order valence-corrected chi connectivity index (χ0v) is 12.2. The summed E-state index contributed by atoms with van der Waals surface area (Å²) in [6, 6.07) is 0.359. The monoisotopic (exact) mass is 267 g/mol. The second kappa shape index (κ2) is 6.43. The highest BCUT2D eigenvalue weighted by Crippen LogP contribution is 2.36. The van der Waals surface area contributed by atoms with Gasteiger partial charge in [-0.15, -0.1) is 5.10 Å². The number of nitrogens with one attached hydrogen (secondary N) is 1. The topological polar surface area (TPSA) is 64.9 Å². The van der Waals surface area contributed by atoms with E-state index in [-0.39, 0.29) is 5.60 Å². The molecule has 0 radical (unpaired) electrons. The minimum atomic E-state index is 0.00429. The Bertz CT molecular complexity index is 388. The summed E-state index contributed by atoms with van der Waals surface area (Å²) in [5, 5.41) is 15.4. The maximum absolute atomic E-state index is 6.02. The Morgan fingerprint density at radius 1 is 1.37 bits per heavy atom. The van der Waals surface area contributed by atoms with Crippen LogP contribution in [0.1, 0.15) is 58.3 Å². The van der Waals surface area contributed by atoms with Crippen molar-refractivity contribution in [3.63, 3.8) is 0 Å². The first-order valence-electron chi connectivity index (χ1n) is 7.36. The lowest BCUT2D eigenvalue weighted by Crippen LogP contribution is -2.40. The summed E-state index contributed by atoms with van der Waals surface area (Å²) in [6.45, 7) is 8.94. The average molecular weight is 267 g/mol. The van der Waals surface area contributed by atoms with Crippen LogP contribution in [0.15, 0.2) is 0 Å². The Morgan fingerprint density at radius 3 is 2.84 bits per heavy atom. The summed E-state index contributed by atoms with van der Waals surface area (Å²) in [6.07, 6.45) is 4.09. The maximum atomic E-state index is 6.02. The lowest BCUT2D eigenvalue weighted by molar-refractivity contribution is -0.101. The third kappa shape index (κ3) is 3.12. The summed E-state index contributed by atoms with van der Waals surface area (Å²) in [5.74, 6) is 0.926. The van der Waals surface area contributed by atoms with E-state index < -0.39 is 0 Å². The van der Waals surface area contributed by atoms with Crippen LogP contribution in [0.2, 0.25) is 0 Å². The highest BCUT2D eigenvalue weighted by Gasteiger charge is 2.36. The third-order valence-corrected chi connectivity index (χ3v) is 4.20. The number of hydrogen-bond acceptors (Lipinski definition) is 5. The van der Waals surface area contributed by atoms with Gasteiger partial charge in [-0.05, 0) is 42.7 Å². The molecule has 2 rings (SSSR count). The van der Waals surface area contributed by atoms with Gasteiger partial charge in [-0.1, -0.05) is 20.8 Å². The first-order chi connectivity index (χ1) is 9.24. The SMILES string of the molecule is CCNCc1nnnn1C1CCOC(CC)(CC)C1. The molecule has 0 aliphatic carbocycles. The molecule has 1 aromatic rings. The van der Waals surface area contributed by atoms with Crippen LogP contribution in [-0.2, 0) is 11.3 Å². The quantitative estimate of drug-likeness (QED) is 0.849. The van der Waals surface area contributed by atoms with Crippen molar-refractivity contribution < 1.29 is 4.74 Å². The maximum Gasteiger partial charge on any atom is 0.165 e. The van der Waals surface area contributed by atoms with E-state index in [1.165, 1.54) is 0 Å². The molecular weight excluding hydrogens is 242 g/mol. The molecule has 19 heavy (non-hydrogen) atoms. The smallest absolute Gasteiger partial charge is 0.165 e. The molecule has 0 amide bonds. The van der Waals surface area contributed by atoms with Crippen molar-refractivity contribution in [3.05, 3.63) is 5.82 Å². The zero-order chi connectivity index (χ0) is 13.7. The molecule has 1 aromatic heterocycles. The second-order valence-corrected chi connectivity index (χ2v) is 5.21. The van der Waals surface area contributed by atoms with Crippen molar-refractivity contribution >= 4 is 0 Å². The molecule has 1 saturated heterocycles. The summed E-state index contributed by atoms with van der Waals surface area (Å²) in [4.78, 5) is 0. The Labute approximate surface area is 114 Å². The van der Waals surface area contributed by atoms with Gasteiger partial charge in [-0.3, -0.25) is 0 Å². The Balaban J connectivity index is 2.11. The molecule has 1 aliphatic rings. The van der Waals surface area contributed by atoms with Crippen LogP contribution in [0.5, 0.6) is 0 Å². The predicted molar refractivity (Wildman–Crippen MR) is 72.7 cm³/mol. The fourth-order valence-electron chi connectivity index (χ4n) is 2.80. The fourth-order valence-corrected chi connectivity index (χ4v) is 2.80. The molecule has 1 aliphatic heterocycles. The van der Waals surface area contributed by atoms with E-state index in [9.17, 15) is 0 Å². The van der Waals surface area contributed by atoms with E-state index in [1.54, 1.807) is 0 Å². The number of aromatic nitrogens is 4. The number of rotatable bonds is 6. The van der Waals surface area contributed by atoms with Gasteiger partial charge in [0.2, 0.25) is 0 Å². The largest absolute Gasteiger partial charge is 0.375 e. The van der Waals surface area contributed by atoms with Crippen molar-refractivity contribution in [1.82, 2.24) is 25.5 Å². The van der Waals surface area contributed by atoms with Crippen molar-refractivity contribution in [2.75, 3.05) is 13.2 Å². The highest BCUT2D eigenvalue weighted by atomic mass is 16.5. The van der Waals surface area contributed by atoms with E-state index in [0.717, 1.165) is 51.2 Å². The molecule has 1 fully saturated rings. The zero-order valence-electron chi connectivity index (χ0n) is 12.2. The summed E-state index contributed by atoms with van der Waals surface area (Å²) < 4.78 is 8.01. The fraction of sp³-hybridized carbons (Fsp3) is 0.923. The van der Waals surface area contributed by atoms with Crippen LogP contribution in [-0.4, -0.2) is 39.0 Å². The molecule has 1 unspecified atom stereocenters. The molecule has 0 aromatic carbocycles. The normalized spacial score (nSPS) is 22.6. The molecule has 108 valence electrons. The minimum Gasteiger partial charge on any atom is -0.375 e. The minimum absolute atomic E-state index is 0.00429. The summed E-state index contributed by atoms with van der Waals surface area (Å²) in [7, 11) is 0. The Hall–Kier alpha value is -1.01. The van der Waals surface area contributed by atoms with Crippen molar-refractivity contribution in [2.45, 2.75) is 64.6 Å². The number of nitrogens with zero attached hydrogens (tertiary/aromatic N) is 4. The van der Waals surface area contributed by atoms with E-state index in [0.29, 0.717) is 6.04 Å². The number of tetrazole rings is 1. The van der Waals surface area contributed by atoms with Gasteiger partial charge in [0.05, 0.1) is 18.2 Å². The van der Waals surface area contributed by atoms with Crippen LogP contribution in [0.3, 0.4) is 0 Å². The van der Waals surface area contributed by atoms with Gasteiger partial charge < -0.3 is 10.1 Å². The van der Waals surface area contributed by atoms with Crippen LogP contribution in [0, 0.1) is 0 Å². The van der Waals surface area contributed by atoms with E-state index in [1.807, 2.05) is 4.68 Å². The number of hydrogen-bond donors (Lipinski definition) is 1. The van der Waals surface area contributed by atoms with Gasteiger partial charge in [0.15, 0.2) is 5.82 Å². The second-order valence-electron chi connectivity index (χ2n) is 5.21. The van der Waals surface area contributed by atoms with Crippen LogP contribution >= 0.6 is 0 Å². The molecular formula is C13H25N5O. The number of ether oxygens (including phenoxy) is 1. The van der Waals surface area contributed by atoms with Gasteiger partial charge in [0.25, 0.3) is 0 Å². The first-order valence-corrected chi connectivity index (χ1v) is 7.36. The van der Waals surface area contributed by atoms with Gasteiger partial charge in [-0.25, -0.2) is 4.68 Å². The predicted octanol–water partition coefficient (Wildman–Crippen LogP) is 1.69. The van der Waals surface area contributed by atoms with Crippen molar-refractivity contribution in [3.8, 4) is 0 Å². The molecule has 0 bridgehead atoms. The molecule has 0 spiro atoms. The van der Waals surface area contributed by atoms with Crippen LogP contribution < -0.4 is 5.32 Å². The molecule has 2 heterocycles. The van der Waals surface area contributed by atoms with Crippen LogP contribution in [0.25, 0.3) is 0 Å².